The predicted molar refractivity (Wildman–Crippen MR) is 79.7 cm³/mol. The van der Waals surface area contributed by atoms with Crippen LogP contribution in [0.2, 0.25) is 0 Å². The van der Waals surface area contributed by atoms with E-state index in [0.29, 0.717) is 18.7 Å². The third-order valence-corrected chi connectivity index (χ3v) is 4.77. The zero-order valence-electron chi connectivity index (χ0n) is 13.2. The van der Waals surface area contributed by atoms with Crippen molar-refractivity contribution in [2.75, 3.05) is 6.54 Å². The number of hydrogen-bond acceptors (Lipinski definition) is 4. The Balaban J connectivity index is 1.90. The lowest BCUT2D eigenvalue weighted by atomic mass is 10.3. The van der Waals surface area contributed by atoms with Crippen molar-refractivity contribution in [1.29, 1.82) is 0 Å². The second-order valence-electron chi connectivity index (χ2n) is 5.17. The molecule has 0 amide bonds. The number of nitrogens with zero attached hydrogens (tertiary/aromatic N) is 4. The molecule has 0 aromatic carbocycles. The summed E-state index contributed by atoms with van der Waals surface area (Å²) in [7, 11) is -3.68. The Hall–Kier alpha value is -1.88. The number of aromatic nitrogens is 4. The molecule has 0 aliphatic carbocycles. The fourth-order valence-electron chi connectivity index (χ4n) is 2.05. The minimum atomic E-state index is -4.49. The molecule has 2 rings (SSSR count). The van der Waals surface area contributed by atoms with Gasteiger partial charge < -0.3 is 0 Å². The average Bonchev–Trinajstić information content (AvgIpc) is 3.10. The monoisotopic (exact) mass is 365 g/mol. The molecule has 134 valence electrons. The van der Waals surface area contributed by atoms with Gasteiger partial charge in [0.25, 0.3) is 0 Å². The molecule has 0 unspecified atom stereocenters. The minimum Gasteiger partial charge on any atom is -0.272 e. The van der Waals surface area contributed by atoms with Gasteiger partial charge >= 0.3 is 6.18 Å². The van der Waals surface area contributed by atoms with E-state index in [0.717, 1.165) is 6.07 Å². The predicted octanol–water partition coefficient (Wildman–Crippen LogP) is 1.80. The zero-order valence-corrected chi connectivity index (χ0v) is 14.0. The molecule has 0 aliphatic rings. The molecule has 0 saturated carbocycles. The lowest BCUT2D eigenvalue weighted by Crippen LogP contribution is -2.25. The fourth-order valence-corrected chi connectivity index (χ4v) is 3.08. The van der Waals surface area contributed by atoms with Gasteiger partial charge in [-0.3, -0.25) is 9.36 Å². The lowest BCUT2D eigenvalue weighted by Gasteiger charge is -2.06. The van der Waals surface area contributed by atoms with E-state index < -0.39 is 21.9 Å². The van der Waals surface area contributed by atoms with E-state index in [2.05, 4.69) is 14.9 Å². The molecular formula is C13H18F3N5O2S. The molecule has 0 bridgehead atoms. The van der Waals surface area contributed by atoms with Crippen LogP contribution in [0.4, 0.5) is 13.2 Å². The van der Waals surface area contributed by atoms with Crippen LogP contribution in [-0.2, 0) is 29.3 Å². The highest BCUT2D eigenvalue weighted by Crippen LogP contribution is 2.28. The van der Waals surface area contributed by atoms with Gasteiger partial charge in [-0.15, -0.1) is 0 Å². The van der Waals surface area contributed by atoms with Crippen LogP contribution in [-0.4, -0.2) is 34.5 Å². The van der Waals surface area contributed by atoms with Crippen molar-refractivity contribution in [2.45, 2.75) is 44.4 Å². The maximum Gasteiger partial charge on any atom is 0.435 e. The zero-order chi connectivity index (χ0) is 18.0. The van der Waals surface area contributed by atoms with Crippen LogP contribution in [0.3, 0.4) is 0 Å². The van der Waals surface area contributed by atoms with E-state index >= 15 is 0 Å². The SMILES string of the molecule is CCn1cc(S(=O)(=O)NCCCn2nc(C(F)(F)F)cc2C)cn1. The summed E-state index contributed by atoms with van der Waals surface area (Å²) in [5.74, 6) is 0. The first-order valence-electron chi connectivity index (χ1n) is 7.27. The molecule has 24 heavy (non-hydrogen) atoms. The number of halogens is 3. The Kier molecular flexibility index (Phi) is 5.33. The molecule has 2 aromatic rings. The van der Waals surface area contributed by atoms with Crippen LogP contribution in [0.25, 0.3) is 0 Å². The summed E-state index contributed by atoms with van der Waals surface area (Å²) in [6.07, 6.45) is -1.52. The minimum absolute atomic E-state index is 0.0546. The molecule has 0 radical (unpaired) electrons. The standard InChI is InChI=1S/C13H18F3N5O2S/c1-3-20-9-11(8-17-20)24(22,23)18-5-4-6-21-10(2)7-12(19-21)13(14,15)16/h7-9,18H,3-6H2,1-2H3. The Bertz CT molecular complexity index is 795. The van der Waals surface area contributed by atoms with E-state index in [1.54, 1.807) is 0 Å². The highest BCUT2D eigenvalue weighted by atomic mass is 32.2. The third-order valence-electron chi connectivity index (χ3n) is 3.35. The number of aryl methyl sites for hydroxylation is 3. The van der Waals surface area contributed by atoms with Crippen molar-refractivity contribution >= 4 is 10.0 Å². The summed E-state index contributed by atoms with van der Waals surface area (Å²) in [4.78, 5) is 0.0546. The number of nitrogens with one attached hydrogen (secondary N) is 1. The summed E-state index contributed by atoms with van der Waals surface area (Å²) >= 11 is 0. The molecular weight excluding hydrogens is 347 g/mol. The number of alkyl halides is 3. The third kappa shape index (κ3) is 4.35. The summed E-state index contributed by atoms with van der Waals surface area (Å²) < 4.78 is 66.9. The summed E-state index contributed by atoms with van der Waals surface area (Å²) in [6, 6.07) is 0.962. The van der Waals surface area contributed by atoms with E-state index in [9.17, 15) is 21.6 Å². The second kappa shape index (κ2) is 6.93. The van der Waals surface area contributed by atoms with E-state index in [-0.39, 0.29) is 18.0 Å². The Morgan fingerprint density at radius 3 is 2.58 bits per heavy atom. The van der Waals surface area contributed by atoms with Crippen molar-refractivity contribution in [2.24, 2.45) is 0 Å². The molecule has 1 N–H and O–H groups in total. The van der Waals surface area contributed by atoms with Crippen molar-refractivity contribution in [1.82, 2.24) is 24.3 Å². The first kappa shape index (κ1) is 18.5. The quantitative estimate of drug-likeness (QED) is 0.759. The fraction of sp³-hybridized carbons (Fsp3) is 0.538. The topological polar surface area (TPSA) is 81.8 Å². The highest BCUT2D eigenvalue weighted by molar-refractivity contribution is 7.89. The molecule has 2 heterocycles. The maximum absolute atomic E-state index is 12.6. The second-order valence-corrected chi connectivity index (χ2v) is 6.94. The molecule has 11 heteroatoms. The van der Waals surface area contributed by atoms with Gasteiger partial charge in [0.05, 0.1) is 6.20 Å². The van der Waals surface area contributed by atoms with Crippen molar-refractivity contribution < 1.29 is 21.6 Å². The molecule has 0 fully saturated rings. The number of sulfonamides is 1. The van der Waals surface area contributed by atoms with Crippen LogP contribution < -0.4 is 4.72 Å². The van der Waals surface area contributed by atoms with Crippen LogP contribution in [0.1, 0.15) is 24.7 Å². The van der Waals surface area contributed by atoms with Crippen molar-refractivity contribution in [3.8, 4) is 0 Å². The van der Waals surface area contributed by atoms with Crippen molar-refractivity contribution in [3.63, 3.8) is 0 Å². The van der Waals surface area contributed by atoms with Gasteiger partial charge in [0, 0.05) is 31.5 Å². The number of rotatable bonds is 7. The molecule has 0 saturated heterocycles. The Labute approximate surface area is 137 Å². The summed E-state index contributed by atoms with van der Waals surface area (Å²) in [6.45, 7) is 4.17. The summed E-state index contributed by atoms with van der Waals surface area (Å²) in [5.41, 5.74) is -0.582. The maximum atomic E-state index is 12.6. The first-order valence-corrected chi connectivity index (χ1v) is 8.75. The van der Waals surface area contributed by atoms with E-state index in [1.165, 1.54) is 28.7 Å². The van der Waals surface area contributed by atoms with Gasteiger partial charge in [0.1, 0.15) is 4.90 Å². The normalized spacial score (nSPS) is 12.7. The smallest absolute Gasteiger partial charge is 0.272 e. The van der Waals surface area contributed by atoms with Gasteiger partial charge in [0.2, 0.25) is 10.0 Å². The molecule has 7 nitrogen and oxygen atoms in total. The lowest BCUT2D eigenvalue weighted by molar-refractivity contribution is -0.141. The van der Waals surface area contributed by atoms with Gasteiger partial charge in [0.15, 0.2) is 5.69 Å². The molecule has 0 spiro atoms. The van der Waals surface area contributed by atoms with Crippen LogP contribution >= 0.6 is 0 Å². The van der Waals surface area contributed by atoms with Gasteiger partial charge in [-0.1, -0.05) is 0 Å². The summed E-state index contributed by atoms with van der Waals surface area (Å²) in [5, 5.41) is 7.38. The van der Waals surface area contributed by atoms with E-state index in [4.69, 9.17) is 0 Å². The van der Waals surface area contributed by atoms with Crippen molar-refractivity contribution in [3.05, 3.63) is 29.8 Å². The van der Waals surface area contributed by atoms with Gasteiger partial charge in [-0.2, -0.15) is 23.4 Å². The van der Waals surface area contributed by atoms with Gasteiger partial charge in [-0.05, 0) is 26.3 Å². The largest absolute Gasteiger partial charge is 0.435 e. The first-order chi connectivity index (χ1) is 11.1. The van der Waals surface area contributed by atoms with Gasteiger partial charge in [-0.25, -0.2) is 13.1 Å². The van der Waals surface area contributed by atoms with Crippen LogP contribution in [0.5, 0.6) is 0 Å². The molecule has 0 aliphatic heterocycles. The molecule has 2 aromatic heterocycles. The number of hydrogen-bond donors (Lipinski definition) is 1. The van der Waals surface area contributed by atoms with Crippen LogP contribution in [0, 0.1) is 6.92 Å². The highest BCUT2D eigenvalue weighted by Gasteiger charge is 2.34. The van der Waals surface area contributed by atoms with E-state index in [1.807, 2.05) is 6.92 Å². The average molecular weight is 365 g/mol. The van der Waals surface area contributed by atoms with Crippen LogP contribution in [0.15, 0.2) is 23.4 Å². The Morgan fingerprint density at radius 1 is 1.33 bits per heavy atom. The Morgan fingerprint density at radius 2 is 2.04 bits per heavy atom. The molecule has 0 atom stereocenters.